The first-order chi connectivity index (χ1) is 13.6. The standard InChI is InChI=1S/C28H24/c1-19-12-14-20(15-13-19)22-16-17-24-26(18-22)28(2,3)25-11-7-10-23(27(24)25)21-8-5-4-6-9-21/h4-18H,1-3H3. The Morgan fingerprint density at radius 3 is 2.00 bits per heavy atom. The van der Waals surface area contributed by atoms with E-state index in [2.05, 4.69) is 112 Å². The molecule has 0 atom stereocenters. The topological polar surface area (TPSA) is 0 Å². The third-order valence-corrected chi connectivity index (χ3v) is 6.17. The van der Waals surface area contributed by atoms with E-state index in [0.29, 0.717) is 0 Å². The van der Waals surface area contributed by atoms with Crippen molar-refractivity contribution in [3.05, 3.63) is 108 Å². The van der Waals surface area contributed by atoms with Crippen LogP contribution >= 0.6 is 0 Å². The summed E-state index contributed by atoms with van der Waals surface area (Å²) in [6.07, 6.45) is 0. The van der Waals surface area contributed by atoms with Gasteiger partial charge in [-0.1, -0.05) is 104 Å². The summed E-state index contributed by atoms with van der Waals surface area (Å²) in [6.45, 7) is 6.84. The van der Waals surface area contributed by atoms with E-state index in [1.165, 1.54) is 50.1 Å². The SMILES string of the molecule is Cc1ccc(-c2ccc3c(c2)C(C)(C)c2cccc(-c4ccccc4)c2-3)cc1. The summed E-state index contributed by atoms with van der Waals surface area (Å²) in [6, 6.07) is 33.3. The fraction of sp³-hybridized carbons (Fsp3) is 0.143. The quantitative estimate of drug-likeness (QED) is 0.344. The van der Waals surface area contributed by atoms with E-state index in [4.69, 9.17) is 0 Å². The number of rotatable bonds is 2. The van der Waals surface area contributed by atoms with Crippen LogP contribution in [0.3, 0.4) is 0 Å². The van der Waals surface area contributed by atoms with Crippen molar-refractivity contribution in [2.75, 3.05) is 0 Å². The van der Waals surface area contributed by atoms with Crippen molar-refractivity contribution < 1.29 is 0 Å². The van der Waals surface area contributed by atoms with Crippen LogP contribution in [-0.4, -0.2) is 0 Å². The lowest BCUT2D eigenvalue weighted by atomic mass is 9.81. The van der Waals surface area contributed by atoms with Gasteiger partial charge in [-0.25, -0.2) is 0 Å². The van der Waals surface area contributed by atoms with Crippen LogP contribution in [0.2, 0.25) is 0 Å². The summed E-state index contributed by atoms with van der Waals surface area (Å²) in [5.41, 5.74) is 12.1. The Morgan fingerprint density at radius 1 is 0.536 bits per heavy atom. The van der Waals surface area contributed by atoms with Crippen molar-refractivity contribution >= 4 is 0 Å². The normalized spacial score (nSPS) is 13.8. The van der Waals surface area contributed by atoms with Crippen molar-refractivity contribution in [3.8, 4) is 33.4 Å². The summed E-state index contributed by atoms with van der Waals surface area (Å²) >= 11 is 0. The summed E-state index contributed by atoms with van der Waals surface area (Å²) < 4.78 is 0. The van der Waals surface area contributed by atoms with Crippen LogP contribution in [-0.2, 0) is 5.41 Å². The first-order valence-corrected chi connectivity index (χ1v) is 9.96. The van der Waals surface area contributed by atoms with E-state index in [1.54, 1.807) is 0 Å². The van der Waals surface area contributed by atoms with Crippen LogP contribution in [0.15, 0.2) is 91.0 Å². The first-order valence-electron chi connectivity index (χ1n) is 9.96. The summed E-state index contributed by atoms with van der Waals surface area (Å²) in [4.78, 5) is 0. The molecule has 0 N–H and O–H groups in total. The summed E-state index contributed by atoms with van der Waals surface area (Å²) in [5, 5.41) is 0. The highest BCUT2D eigenvalue weighted by atomic mass is 14.4. The average molecular weight is 361 g/mol. The number of hydrogen-bond donors (Lipinski definition) is 0. The molecule has 28 heavy (non-hydrogen) atoms. The smallest absolute Gasteiger partial charge is 0.0159 e. The molecule has 0 spiro atoms. The Balaban J connectivity index is 1.72. The highest BCUT2D eigenvalue weighted by molar-refractivity contribution is 5.93. The van der Waals surface area contributed by atoms with Crippen molar-refractivity contribution in [2.24, 2.45) is 0 Å². The van der Waals surface area contributed by atoms with Crippen molar-refractivity contribution in [1.82, 2.24) is 0 Å². The zero-order chi connectivity index (χ0) is 19.3. The summed E-state index contributed by atoms with van der Waals surface area (Å²) in [5.74, 6) is 0. The molecule has 0 unspecified atom stereocenters. The van der Waals surface area contributed by atoms with Gasteiger partial charge in [-0.15, -0.1) is 0 Å². The fourth-order valence-corrected chi connectivity index (χ4v) is 4.57. The third kappa shape index (κ3) is 2.52. The molecule has 1 aliphatic rings. The number of aryl methyl sites for hydroxylation is 1. The van der Waals surface area contributed by atoms with Gasteiger partial charge in [0, 0.05) is 5.41 Å². The highest BCUT2D eigenvalue weighted by Crippen LogP contribution is 2.52. The predicted octanol–water partition coefficient (Wildman–Crippen LogP) is 7.64. The molecule has 4 aromatic rings. The molecule has 5 rings (SSSR count). The second-order valence-corrected chi connectivity index (χ2v) is 8.35. The van der Waals surface area contributed by atoms with Gasteiger partial charge in [0.05, 0.1) is 0 Å². The molecule has 136 valence electrons. The van der Waals surface area contributed by atoms with E-state index in [0.717, 1.165) is 0 Å². The molecule has 0 heterocycles. The molecule has 0 nitrogen and oxygen atoms in total. The Labute approximate surface area is 167 Å². The Hall–Kier alpha value is -3.12. The number of hydrogen-bond acceptors (Lipinski definition) is 0. The molecule has 0 bridgehead atoms. The zero-order valence-electron chi connectivity index (χ0n) is 16.7. The predicted molar refractivity (Wildman–Crippen MR) is 120 cm³/mol. The maximum Gasteiger partial charge on any atom is 0.0159 e. The van der Waals surface area contributed by atoms with Gasteiger partial charge in [-0.2, -0.15) is 0 Å². The molecular formula is C28H24. The molecule has 0 radical (unpaired) electrons. The average Bonchev–Trinajstić information content (AvgIpc) is 2.96. The zero-order valence-corrected chi connectivity index (χ0v) is 16.7. The minimum atomic E-state index is -0.00381. The van der Waals surface area contributed by atoms with Crippen molar-refractivity contribution in [2.45, 2.75) is 26.2 Å². The second kappa shape index (κ2) is 6.21. The highest BCUT2D eigenvalue weighted by Gasteiger charge is 2.36. The molecule has 0 amide bonds. The van der Waals surface area contributed by atoms with Gasteiger partial charge >= 0.3 is 0 Å². The molecule has 0 aliphatic heterocycles. The Morgan fingerprint density at radius 2 is 1.25 bits per heavy atom. The van der Waals surface area contributed by atoms with E-state index < -0.39 is 0 Å². The van der Waals surface area contributed by atoms with Crippen LogP contribution in [0.25, 0.3) is 33.4 Å². The minimum Gasteiger partial charge on any atom is -0.0622 e. The lowest BCUT2D eigenvalue weighted by molar-refractivity contribution is 0.660. The minimum absolute atomic E-state index is 0.00381. The van der Waals surface area contributed by atoms with Gasteiger partial charge < -0.3 is 0 Å². The van der Waals surface area contributed by atoms with Crippen LogP contribution < -0.4 is 0 Å². The van der Waals surface area contributed by atoms with Gasteiger partial charge in [0.25, 0.3) is 0 Å². The van der Waals surface area contributed by atoms with E-state index >= 15 is 0 Å². The van der Waals surface area contributed by atoms with E-state index in [-0.39, 0.29) is 5.41 Å². The Kier molecular flexibility index (Phi) is 3.77. The lowest BCUT2D eigenvalue weighted by Gasteiger charge is -2.22. The molecule has 0 fully saturated rings. The Bertz CT molecular complexity index is 1160. The maximum absolute atomic E-state index is 2.40. The molecule has 4 aromatic carbocycles. The molecule has 0 aromatic heterocycles. The molecule has 1 aliphatic carbocycles. The monoisotopic (exact) mass is 360 g/mol. The van der Waals surface area contributed by atoms with Crippen LogP contribution in [0.5, 0.6) is 0 Å². The van der Waals surface area contributed by atoms with Gasteiger partial charge in [-0.05, 0) is 57.5 Å². The lowest BCUT2D eigenvalue weighted by Crippen LogP contribution is -2.15. The van der Waals surface area contributed by atoms with Crippen LogP contribution in [0.1, 0.15) is 30.5 Å². The second-order valence-electron chi connectivity index (χ2n) is 8.35. The molecular weight excluding hydrogens is 336 g/mol. The largest absolute Gasteiger partial charge is 0.0622 e. The molecule has 0 saturated carbocycles. The molecule has 0 saturated heterocycles. The van der Waals surface area contributed by atoms with Crippen molar-refractivity contribution in [1.29, 1.82) is 0 Å². The van der Waals surface area contributed by atoms with E-state index in [1.807, 2.05) is 0 Å². The van der Waals surface area contributed by atoms with Gasteiger partial charge in [0.15, 0.2) is 0 Å². The third-order valence-electron chi connectivity index (χ3n) is 6.17. The maximum atomic E-state index is 2.40. The number of benzene rings is 4. The van der Waals surface area contributed by atoms with Crippen molar-refractivity contribution in [3.63, 3.8) is 0 Å². The van der Waals surface area contributed by atoms with Gasteiger partial charge in [0.1, 0.15) is 0 Å². The fourth-order valence-electron chi connectivity index (χ4n) is 4.57. The number of fused-ring (bicyclic) bond motifs is 3. The summed E-state index contributed by atoms with van der Waals surface area (Å²) in [7, 11) is 0. The van der Waals surface area contributed by atoms with Crippen LogP contribution in [0.4, 0.5) is 0 Å². The van der Waals surface area contributed by atoms with E-state index in [9.17, 15) is 0 Å². The molecule has 0 heteroatoms. The van der Waals surface area contributed by atoms with Gasteiger partial charge in [0.2, 0.25) is 0 Å². The van der Waals surface area contributed by atoms with Gasteiger partial charge in [-0.3, -0.25) is 0 Å². The first kappa shape index (κ1) is 17.0. The van der Waals surface area contributed by atoms with Crippen LogP contribution in [0, 0.1) is 6.92 Å².